The number of thiocarbonyl (C=S) groups is 1. The van der Waals surface area contributed by atoms with E-state index in [-0.39, 0.29) is 23.7 Å². The molecule has 2 aliphatic rings. The molecule has 0 aliphatic carbocycles. The Morgan fingerprint density at radius 3 is 2.68 bits per heavy atom. The lowest BCUT2D eigenvalue weighted by atomic mass is 10.1. The van der Waals surface area contributed by atoms with Crippen molar-refractivity contribution in [2.75, 3.05) is 27.3 Å². The molecule has 0 spiro atoms. The molecular weight excluding hydrogens is 488 g/mol. The lowest BCUT2D eigenvalue weighted by molar-refractivity contribution is 0.334. The SMILES string of the molecule is COc1ccc(CCNC(=S)N2C[C@@H]3C[C@H]2c2c(O)n(-c4cccc5ccccc45)c(=O)n23)cc1OC. The fourth-order valence-electron chi connectivity index (χ4n) is 5.74. The van der Waals surface area contributed by atoms with Gasteiger partial charge in [-0.05, 0) is 54.2 Å². The Morgan fingerprint density at radius 1 is 1.08 bits per heavy atom. The number of nitrogens with one attached hydrogen (secondary N) is 1. The van der Waals surface area contributed by atoms with E-state index < -0.39 is 0 Å². The molecule has 3 heterocycles. The van der Waals surface area contributed by atoms with Crippen LogP contribution in [0.5, 0.6) is 17.4 Å². The molecule has 3 aromatic carbocycles. The highest BCUT2D eigenvalue weighted by atomic mass is 32.1. The normalized spacial score (nSPS) is 17.7. The van der Waals surface area contributed by atoms with Crippen LogP contribution in [-0.2, 0) is 6.42 Å². The van der Waals surface area contributed by atoms with Crippen LogP contribution in [0.3, 0.4) is 0 Å². The topological polar surface area (TPSA) is 80.9 Å². The van der Waals surface area contributed by atoms with Crippen molar-refractivity contribution in [3.8, 4) is 23.1 Å². The molecule has 37 heavy (non-hydrogen) atoms. The van der Waals surface area contributed by atoms with Crippen molar-refractivity contribution < 1.29 is 14.6 Å². The predicted octanol–water partition coefficient (Wildman–Crippen LogP) is 3.93. The van der Waals surface area contributed by atoms with Crippen molar-refractivity contribution in [1.82, 2.24) is 19.4 Å². The van der Waals surface area contributed by atoms with Crippen LogP contribution in [0.15, 0.2) is 65.5 Å². The number of fused-ring (bicyclic) bond motifs is 6. The average Bonchev–Trinajstić information content (AvgIpc) is 3.59. The van der Waals surface area contributed by atoms with E-state index in [9.17, 15) is 9.90 Å². The molecule has 190 valence electrons. The highest BCUT2D eigenvalue weighted by Crippen LogP contribution is 2.48. The summed E-state index contributed by atoms with van der Waals surface area (Å²) in [6, 6.07) is 19.4. The van der Waals surface area contributed by atoms with E-state index in [2.05, 4.69) is 10.2 Å². The Labute approximate surface area is 219 Å². The standard InChI is InChI=1S/C28H28N4O4S/c1-35-23-11-10-17(14-24(23)36-2)12-13-29-27(37)30-16-19-15-22(30)25-26(33)32(28(34)31(19)25)21-9-5-7-18-6-3-4-8-20(18)21/h3-11,14,19,22,33H,12-13,15-16H2,1-2H3,(H,29,37)/t19-,22-/m0/s1. The van der Waals surface area contributed by atoms with Crippen LogP contribution in [0.25, 0.3) is 16.5 Å². The first-order chi connectivity index (χ1) is 18.0. The van der Waals surface area contributed by atoms with Gasteiger partial charge in [0.05, 0.1) is 32.0 Å². The maximum atomic E-state index is 13.5. The summed E-state index contributed by atoms with van der Waals surface area (Å²) in [5, 5.41) is 17.2. The first-order valence-electron chi connectivity index (χ1n) is 12.3. The third-order valence-corrected chi connectivity index (χ3v) is 7.84. The Hall–Kier alpha value is -3.98. The van der Waals surface area contributed by atoms with E-state index in [1.807, 2.05) is 60.7 Å². The van der Waals surface area contributed by atoms with E-state index in [4.69, 9.17) is 21.7 Å². The minimum atomic E-state index is -0.205. The van der Waals surface area contributed by atoms with Crippen LogP contribution in [0, 0.1) is 0 Å². The number of aromatic hydroxyl groups is 1. The fourth-order valence-corrected chi connectivity index (χ4v) is 6.05. The molecule has 0 unspecified atom stereocenters. The fraction of sp³-hybridized carbons (Fsp3) is 0.286. The number of methoxy groups -OCH3 is 2. The molecule has 2 aliphatic heterocycles. The summed E-state index contributed by atoms with van der Waals surface area (Å²) in [5.74, 6) is 1.39. The van der Waals surface area contributed by atoms with Crippen molar-refractivity contribution >= 4 is 28.1 Å². The van der Waals surface area contributed by atoms with Crippen molar-refractivity contribution in [1.29, 1.82) is 0 Å². The van der Waals surface area contributed by atoms with Gasteiger partial charge in [-0.3, -0.25) is 4.57 Å². The minimum absolute atomic E-state index is 0.00770. The summed E-state index contributed by atoms with van der Waals surface area (Å²) >= 11 is 5.74. The quantitative estimate of drug-likeness (QED) is 0.376. The molecule has 1 saturated heterocycles. The smallest absolute Gasteiger partial charge is 0.336 e. The lowest BCUT2D eigenvalue weighted by Crippen LogP contribution is -2.43. The van der Waals surface area contributed by atoms with Crippen LogP contribution in [0.2, 0.25) is 0 Å². The molecule has 2 atom stereocenters. The highest BCUT2D eigenvalue weighted by molar-refractivity contribution is 7.80. The van der Waals surface area contributed by atoms with E-state index in [1.54, 1.807) is 18.8 Å². The number of imidazole rings is 1. The molecule has 2 N–H and O–H groups in total. The zero-order valence-corrected chi connectivity index (χ0v) is 21.5. The van der Waals surface area contributed by atoms with Gasteiger partial charge in [-0.15, -0.1) is 0 Å². The number of nitrogens with zero attached hydrogens (tertiary/aromatic N) is 3. The second-order valence-corrected chi connectivity index (χ2v) is 9.81. The zero-order valence-electron chi connectivity index (χ0n) is 20.7. The van der Waals surface area contributed by atoms with Gasteiger partial charge in [-0.1, -0.05) is 42.5 Å². The van der Waals surface area contributed by atoms with Crippen LogP contribution in [0.4, 0.5) is 0 Å². The molecule has 8 nitrogen and oxygen atoms in total. The summed E-state index contributed by atoms with van der Waals surface area (Å²) in [6.07, 6.45) is 1.52. The van der Waals surface area contributed by atoms with Gasteiger partial charge in [0.25, 0.3) is 0 Å². The van der Waals surface area contributed by atoms with Gasteiger partial charge in [-0.2, -0.15) is 0 Å². The van der Waals surface area contributed by atoms with Gasteiger partial charge >= 0.3 is 5.69 Å². The van der Waals surface area contributed by atoms with Crippen LogP contribution in [-0.4, -0.2) is 51.6 Å². The number of aromatic nitrogens is 2. The maximum absolute atomic E-state index is 13.5. The third-order valence-electron chi connectivity index (χ3n) is 7.46. The van der Waals surface area contributed by atoms with Gasteiger partial charge in [-0.25, -0.2) is 9.36 Å². The highest BCUT2D eigenvalue weighted by Gasteiger charge is 2.48. The van der Waals surface area contributed by atoms with E-state index in [1.165, 1.54) is 4.57 Å². The molecular formula is C28H28N4O4S. The summed E-state index contributed by atoms with van der Waals surface area (Å²) in [4.78, 5) is 15.6. The third kappa shape index (κ3) is 3.72. The number of benzene rings is 3. The summed E-state index contributed by atoms with van der Waals surface area (Å²) in [5.41, 5.74) is 2.22. The number of hydrogen-bond donors (Lipinski definition) is 2. The monoisotopic (exact) mass is 516 g/mol. The number of likely N-dealkylation sites (tertiary alicyclic amines) is 1. The molecule has 9 heteroatoms. The molecule has 0 saturated carbocycles. The predicted molar refractivity (Wildman–Crippen MR) is 146 cm³/mol. The molecule has 4 aromatic rings. The van der Waals surface area contributed by atoms with E-state index >= 15 is 0 Å². The molecule has 1 aromatic heterocycles. The number of ether oxygens (including phenoxy) is 2. The Morgan fingerprint density at radius 2 is 1.86 bits per heavy atom. The van der Waals surface area contributed by atoms with Gasteiger partial charge in [0, 0.05) is 18.5 Å². The minimum Gasteiger partial charge on any atom is -0.493 e. The zero-order chi connectivity index (χ0) is 25.7. The molecule has 0 amide bonds. The van der Waals surface area contributed by atoms with Gasteiger partial charge < -0.3 is 24.8 Å². The largest absolute Gasteiger partial charge is 0.493 e. The van der Waals surface area contributed by atoms with Crippen LogP contribution < -0.4 is 20.5 Å². The maximum Gasteiger partial charge on any atom is 0.336 e. The molecule has 0 radical (unpaired) electrons. The summed E-state index contributed by atoms with van der Waals surface area (Å²) in [7, 11) is 3.24. The van der Waals surface area contributed by atoms with E-state index in [0.717, 1.165) is 29.2 Å². The number of rotatable bonds is 6. The van der Waals surface area contributed by atoms with Gasteiger partial charge in [0.1, 0.15) is 5.69 Å². The summed E-state index contributed by atoms with van der Waals surface area (Å²) < 4.78 is 13.9. The molecule has 6 rings (SSSR count). The first kappa shape index (κ1) is 23.4. The van der Waals surface area contributed by atoms with Crippen molar-refractivity contribution in [2.24, 2.45) is 0 Å². The Kier molecular flexibility index (Phi) is 5.79. The molecule has 2 bridgehead atoms. The molecule has 1 fully saturated rings. The van der Waals surface area contributed by atoms with Crippen LogP contribution >= 0.6 is 12.2 Å². The van der Waals surface area contributed by atoms with Gasteiger partial charge in [0.2, 0.25) is 5.88 Å². The Balaban J connectivity index is 1.22. The van der Waals surface area contributed by atoms with Crippen molar-refractivity contribution in [3.05, 3.63) is 82.4 Å². The van der Waals surface area contributed by atoms with Crippen LogP contribution in [0.1, 0.15) is 29.8 Å². The number of hydrogen-bond acceptors (Lipinski definition) is 5. The second kappa shape index (κ2) is 9.15. The Bertz CT molecular complexity index is 1570. The summed E-state index contributed by atoms with van der Waals surface area (Å²) in [6.45, 7) is 1.29. The van der Waals surface area contributed by atoms with E-state index in [0.29, 0.717) is 41.1 Å². The first-order valence-corrected chi connectivity index (χ1v) is 12.7. The second-order valence-electron chi connectivity index (χ2n) is 9.42. The lowest BCUT2D eigenvalue weighted by Gasteiger charge is -2.30. The van der Waals surface area contributed by atoms with Crippen molar-refractivity contribution in [3.63, 3.8) is 0 Å². The van der Waals surface area contributed by atoms with Gasteiger partial charge in [0.15, 0.2) is 16.6 Å². The average molecular weight is 517 g/mol. The van der Waals surface area contributed by atoms with Crippen molar-refractivity contribution in [2.45, 2.75) is 24.9 Å².